The number of hydrogen-bond acceptors (Lipinski definition) is 4. The molecule has 0 aromatic heterocycles. The van der Waals surface area contributed by atoms with Crippen LogP contribution in [0.2, 0.25) is 0 Å². The zero-order chi connectivity index (χ0) is 23.1. The van der Waals surface area contributed by atoms with E-state index in [0.29, 0.717) is 9.98 Å². The van der Waals surface area contributed by atoms with Gasteiger partial charge in [0.25, 0.3) is 0 Å². The second-order valence-corrected chi connectivity index (χ2v) is 7.63. The van der Waals surface area contributed by atoms with E-state index in [2.05, 4.69) is 28.0 Å². The van der Waals surface area contributed by atoms with Crippen molar-refractivity contribution >= 4 is 45.8 Å². The molecule has 0 heterocycles. The molecule has 0 amide bonds. The number of nitrogens with zero attached hydrogens (tertiary/aromatic N) is 2. The van der Waals surface area contributed by atoms with Crippen molar-refractivity contribution < 1.29 is 0 Å². The van der Waals surface area contributed by atoms with Gasteiger partial charge in [0.15, 0.2) is 0 Å². The molecule has 0 saturated heterocycles. The summed E-state index contributed by atoms with van der Waals surface area (Å²) >= 11 is 10.9. The predicted octanol–water partition coefficient (Wildman–Crippen LogP) is 6.50. The van der Waals surface area contributed by atoms with Crippen LogP contribution in [-0.2, 0) is 0 Å². The smallest absolute Gasteiger partial charge is 0.126 e. The summed E-state index contributed by atoms with van der Waals surface area (Å²) in [6.45, 7) is 10.2. The summed E-state index contributed by atoms with van der Waals surface area (Å²) < 4.78 is 0. The molecule has 2 aromatic carbocycles. The van der Waals surface area contributed by atoms with Gasteiger partial charge in [0.2, 0.25) is 0 Å². The van der Waals surface area contributed by atoms with Crippen molar-refractivity contribution in [2.75, 3.05) is 0 Å². The SMILES string of the molecule is CC.CCCCC(/C(C)=N/NC(=S)c1ccccc1)/C(C)=N/NC(=S)c1ccccc1. The summed E-state index contributed by atoms with van der Waals surface area (Å²) in [7, 11) is 0. The maximum atomic E-state index is 5.44. The van der Waals surface area contributed by atoms with Gasteiger partial charge in [-0.2, -0.15) is 10.2 Å². The van der Waals surface area contributed by atoms with Crippen molar-refractivity contribution in [1.82, 2.24) is 10.9 Å². The second-order valence-electron chi connectivity index (χ2n) is 6.82. The number of unbranched alkanes of at least 4 members (excludes halogenated alkanes) is 1. The molecule has 0 bridgehead atoms. The Labute approximate surface area is 198 Å². The molecule has 6 heteroatoms. The minimum atomic E-state index is 0.118. The lowest BCUT2D eigenvalue weighted by Gasteiger charge is -2.17. The summed E-state index contributed by atoms with van der Waals surface area (Å²) in [6, 6.07) is 19.6. The second kappa shape index (κ2) is 15.4. The number of nitrogens with one attached hydrogen (secondary N) is 2. The van der Waals surface area contributed by atoms with Gasteiger partial charge in [-0.05, 0) is 20.3 Å². The molecule has 0 unspecified atom stereocenters. The molecule has 0 fully saturated rings. The van der Waals surface area contributed by atoms with Crippen molar-refractivity contribution in [3.8, 4) is 0 Å². The van der Waals surface area contributed by atoms with Crippen LogP contribution in [0.4, 0.5) is 0 Å². The quantitative estimate of drug-likeness (QED) is 0.258. The van der Waals surface area contributed by atoms with Gasteiger partial charge < -0.3 is 0 Å². The Kier molecular flexibility index (Phi) is 13.2. The maximum absolute atomic E-state index is 5.44. The zero-order valence-electron chi connectivity index (χ0n) is 19.2. The largest absolute Gasteiger partial charge is 0.267 e. The van der Waals surface area contributed by atoms with Gasteiger partial charge >= 0.3 is 0 Å². The molecule has 0 aliphatic heterocycles. The topological polar surface area (TPSA) is 48.8 Å². The van der Waals surface area contributed by atoms with Gasteiger partial charge in [-0.3, -0.25) is 10.9 Å². The first kappa shape index (κ1) is 26.6. The third kappa shape index (κ3) is 9.49. The minimum Gasteiger partial charge on any atom is -0.267 e. The number of thiocarbonyl (C=S) groups is 2. The molecule has 166 valence electrons. The van der Waals surface area contributed by atoms with E-state index in [1.165, 1.54) is 0 Å². The van der Waals surface area contributed by atoms with Gasteiger partial charge in [0.05, 0.1) is 0 Å². The highest BCUT2D eigenvalue weighted by molar-refractivity contribution is 7.81. The third-order valence-corrected chi connectivity index (χ3v) is 5.25. The lowest BCUT2D eigenvalue weighted by molar-refractivity contribution is 0.676. The lowest BCUT2D eigenvalue weighted by atomic mass is 9.93. The third-order valence-electron chi connectivity index (χ3n) is 4.59. The summed E-state index contributed by atoms with van der Waals surface area (Å²) in [4.78, 5) is 1.22. The van der Waals surface area contributed by atoms with Crippen LogP contribution < -0.4 is 10.9 Å². The van der Waals surface area contributed by atoms with E-state index in [-0.39, 0.29) is 5.92 Å². The zero-order valence-corrected chi connectivity index (χ0v) is 20.8. The van der Waals surface area contributed by atoms with E-state index in [0.717, 1.165) is 41.8 Å². The average molecular weight is 455 g/mol. The molecule has 4 nitrogen and oxygen atoms in total. The fourth-order valence-corrected chi connectivity index (χ4v) is 3.23. The summed E-state index contributed by atoms with van der Waals surface area (Å²) in [6.07, 6.45) is 3.18. The van der Waals surface area contributed by atoms with Crippen LogP contribution in [0, 0.1) is 5.92 Å². The Hall–Kier alpha value is -2.44. The van der Waals surface area contributed by atoms with E-state index in [1.807, 2.05) is 88.4 Å². The van der Waals surface area contributed by atoms with E-state index in [1.54, 1.807) is 0 Å². The van der Waals surface area contributed by atoms with Crippen molar-refractivity contribution in [2.24, 2.45) is 16.1 Å². The molecule has 0 aliphatic rings. The van der Waals surface area contributed by atoms with Crippen LogP contribution in [0.15, 0.2) is 70.9 Å². The normalized spacial score (nSPS) is 11.4. The monoisotopic (exact) mass is 454 g/mol. The van der Waals surface area contributed by atoms with Crippen LogP contribution >= 0.6 is 24.4 Å². The molecule has 0 atom stereocenters. The van der Waals surface area contributed by atoms with Crippen molar-refractivity contribution in [1.29, 1.82) is 0 Å². The van der Waals surface area contributed by atoms with Crippen LogP contribution in [-0.4, -0.2) is 21.4 Å². The van der Waals surface area contributed by atoms with Crippen LogP contribution in [0.25, 0.3) is 0 Å². The van der Waals surface area contributed by atoms with Gasteiger partial charge in [-0.1, -0.05) is 119 Å². The first-order valence-electron chi connectivity index (χ1n) is 10.8. The molecule has 2 aromatic rings. The Morgan fingerprint density at radius 3 is 1.52 bits per heavy atom. The summed E-state index contributed by atoms with van der Waals surface area (Å²) in [5.41, 5.74) is 9.83. The van der Waals surface area contributed by atoms with Gasteiger partial charge in [-0.15, -0.1) is 0 Å². The van der Waals surface area contributed by atoms with E-state index < -0.39 is 0 Å². The number of hydrogen-bond donors (Lipinski definition) is 2. The Morgan fingerprint density at radius 1 is 0.774 bits per heavy atom. The van der Waals surface area contributed by atoms with Crippen molar-refractivity contribution in [2.45, 2.75) is 53.9 Å². The first-order chi connectivity index (χ1) is 15.0. The molecule has 0 spiro atoms. The van der Waals surface area contributed by atoms with Crippen molar-refractivity contribution in [3.63, 3.8) is 0 Å². The minimum absolute atomic E-state index is 0.118. The van der Waals surface area contributed by atoms with Crippen LogP contribution in [0.3, 0.4) is 0 Å². The number of benzene rings is 2. The molecule has 0 aliphatic carbocycles. The standard InChI is InChI=1S/C23H28N4S2.C2H6/c1-4-5-16-21(17(2)24-26-22(28)19-12-8-6-9-13-19)18(3)25-27-23(29)20-14-10-7-11-15-20;1-2/h6-15,21H,4-5,16H2,1-3H3,(H,26,28)(H,27,29);1-2H3/b24-17+,25-18+;. The lowest BCUT2D eigenvalue weighted by Crippen LogP contribution is -2.27. The molecule has 2 N–H and O–H groups in total. The van der Waals surface area contributed by atoms with E-state index in [4.69, 9.17) is 24.4 Å². The molecular formula is C25H34N4S2. The fourth-order valence-electron chi connectivity index (χ4n) is 2.87. The van der Waals surface area contributed by atoms with Crippen molar-refractivity contribution in [3.05, 3.63) is 71.8 Å². The van der Waals surface area contributed by atoms with Gasteiger partial charge in [0.1, 0.15) is 9.98 Å². The Balaban J connectivity index is 0.00000233. The number of rotatable bonds is 9. The highest BCUT2D eigenvalue weighted by atomic mass is 32.1. The van der Waals surface area contributed by atoms with Gasteiger partial charge in [0, 0.05) is 28.5 Å². The van der Waals surface area contributed by atoms with Gasteiger partial charge in [-0.25, -0.2) is 0 Å². The molecular weight excluding hydrogens is 420 g/mol. The van der Waals surface area contributed by atoms with E-state index >= 15 is 0 Å². The molecule has 0 radical (unpaired) electrons. The summed E-state index contributed by atoms with van der Waals surface area (Å²) in [5, 5.41) is 9.09. The first-order valence-corrected chi connectivity index (χ1v) is 11.6. The molecule has 0 saturated carbocycles. The van der Waals surface area contributed by atoms with Crippen LogP contribution in [0.1, 0.15) is 65.0 Å². The fraction of sp³-hybridized carbons (Fsp3) is 0.360. The Bertz CT molecular complexity index is 792. The average Bonchev–Trinajstić information content (AvgIpc) is 2.83. The highest BCUT2D eigenvalue weighted by Crippen LogP contribution is 2.13. The number of hydrazone groups is 2. The van der Waals surface area contributed by atoms with E-state index in [9.17, 15) is 0 Å². The summed E-state index contributed by atoms with van der Waals surface area (Å²) in [5.74, 6) is 0.118. The highest BCUT2D eigenvalue weighted by Gasteiger charge is 2.16. The molecule has 2 rings (SSSR count). The Morgan fingerprint density at radius 2 is 1.16 bits per heavy atom. The predicted molar refractivity (Wildman–Crippen MR) is 143 cm³/mol. The maximum Gasteiger partial charge on any atom is 0.126 e. The van der Waals surface area contributed by atoms with Crippen LogP contribution in [0.5, 0.6) is 0 Å². The molecule has 31 heavy (non-hydrogen) atoms.